The number of aromatic nitrogens is 1. The minimum absolute atomic E-state index is 0.335. The molecule has 1 aromatic carbocycles. The number of piperidine rings is 1. The van der Waals surface area contributed by atoms with E-state index >= 15 is 0 Å². The molecule has 3 heterocycles. The quantitative estimate of drug-likeness (QED) is 0.659. The standard InChI is InChI=1S/C20H22N4OS/c1-12-7-8-14(10-22-12)24-20-15-9-17(13-5-3-2-4-6-13)26-18(15)16(11-23-20)19(21)25/h2-6,9,11-12,14,22H,7-8,10H2,1H3,(H2,21,25)(H,23,24). The van der Waals surface area contributed by atoms with E-state index in [1.165, 1.54) is 0 Å². The molecule has 0 saturated carbocycles. The summed E-state index contributed by atoms with van der Waals surface area (Å²) >= 11 is 1.59. The fraction of sp³-hybridized carbons (Fsp3) is 0.300. The Bertz CT molecular complexity index is 930. The average Bonchev–Trinajstić information content (AvgIpc) is 3.10. The van der Waals surface area contributed by atoms with E-state index in [1.54, 1.807) is 17.5 Å². The smallest absolute Gasteiger partial charge is 0.251 e. The van der Waals surface area contributed by atoms with Gasteiger partial charge < -0.3 is 16.4 Å². The molecular formula is C20H22N4OS. The minimum Gasteiger partial charge on any atom is -0.366 e. The van der Waals surface area contributed by atoms with Crippen molar-refractivity contribution in [3.63, 3.8) is 0 Å². The van der Waals surface area contributed by atoms with Gasteiger partial charge in [0.25, 0.3) is 5.91 Å². The molecule has 1 fully saturated rings. The number of carbonyl (C=O) groups excluding carboxylic acids is 1. The molecule has 1 aliphatic heterocycles. The lowest BCUT2D eigenvalue weighted by Crippen LogP contribution is -2.43. The molecule has 5 nitrogen and oxygen atoms in total. The first-order valence-corrected chi connectivity index (χ1v) is 9.71. The number of nitrogens with two attached hydrogens (primary N) is 1. The van der Waals surface area contributed by atoms with Gasteiger partial charge in [0.15, 0.2) is 0 Å². The molecule has 26 heavy (non-hydrogen) atoms. The Morgan fingerprint density at radius 1 is 1.31 bits per heavy atom. The van der Waals surface area contributed by atoms with Crippen LogP contribution in [-0.4, -0.2) is 29.5 Å². The predicted molar refractivity (Wildman–Crippen MR) is 108 cm³/mol. The molecule has 2 aromatic heterocycles. The van der Waals surface area contributed by atoms with E-state index in [1.807, 2.05) is 18.2 Å². The molecule has 4 N–H and O–H groups in total. The summed E-state index contributed by atoms with van der Waals surface area (Å²) in [5.41, 5.74) is 7.18. The largest absolute Gasteiger partial charge is 0.366 e. The number of hydrogen-bond donors (Lipinski definition) is 3. The fourth-order valence-corrected chi connectivity index (χ4v) is 4.55. The second kappa shape index (κ2) is 7.05. The third kappa shape index (κ3) is 3.30. The van der Waals surface area contributed by atoms with Crippen molar-refractivity contribution < 1.29 is 4.79 Å². The van der Waals surface area contributed by atoms with Crippen molar-refractivity contribution in [2.45, 2.75) is 31.8 Å². The molecule has 134 valence electrons. The Hall–Kier alpha value is -2.44. The summed E-state index contributed by atoms with van der Waals surface area (Å²) in [4.78, 5) is 17.5. The summed E-state index contributed by atoms with van der Waals surface area (Å²) in [7, 11) is 0. The highest BCUT2D eigenvalue weighted by molar-refractivity contribution is 7.22. The van der Waals surface area contributed by atoms with Gasteiger partial charge in [0.2, 0.25) is 0 Å². The van der Waals surface area contributed by atoms with Crippen molar-refractivity contribution in [3.05, 3.63) is 48.2 Å². The summed E-state index contributed by atoms with van der Waals surface area (Å²) in [6.07, 6.45) is 3.83. The highest BCUT2D eigenvalue weighted by Gasteiger charge is 2.21. The second-order valence-corrected chi connectivity index (χ2v) is 7.88. The Morgan fingerprint density at radius 2 is 2.12 bits per heavy atom. The molecule has 2 unspecified atom stereocenters. The van der Waals surface area contributed by atoms with Crippen LogP contribution in [0, 0.1) is 0 Å². The Balaban J connectivity index is 1.75. The van der Waals surface area contributed by atoms with Crippen molar-refractivity contribution in [3.8, 4) is 10.4 Å². The lowest BCUT2D eigenvalue weighted by atomic mass is 10.0. The zero-order valence-electron chi connectivity index (χ0n) is 14.7. The Morgan fingerprint density at radius 3 is 2.81 bits per heavy atom. The molecular weight excluding hydrogens is 344 g/mol. The molecule has 1 saturated heterocycles. The van der Waals surface area contributed by atoms with Gasteiger partial charge in [-0.1, -0.05) is 30.3 Å². The molecule has 0 aliphatic carbocycles. The molecule has 1 amide bonds. The number of primary amides is 1. The number of fused-ring (bicyclic) bond motifs is 1. The summed E-state index contributed by atoms with van der Waals surface area (Å²) in [5.74, 6) is 0.383. The van der Waals surface area contributed by atoms with E-state index in [9.17, 15) is 4.79 Å². The zero-order chi connectivity index (χ0) is 18.1. The van der Waals surface area contributed by atoms with Crippen LogP contribution in [0.1, 0.15) is 30.1 Å². The van der Waals surface area contributed by atoms with Crippen molar-refractivity contribution in [1.82, 2.24) is 10.3 Å². The molecule has 4 rings (SSSR count). The first-order valence-electron chi connectivity index (χ1n) is 8.89. The molecule has 0 bridgehead atoms. The van der Waals surface area contributed by atoms with Gasteiger partial charge in [0, 0.05) is 35.1 Å². The van der Waals surface area contributed by atoms with Gasteiger partial charge in [-0.25, -0.2) is 4.98 Å². The van der Waals surface area contributed by atoms with Crippen LogP contribution in [0.25, 0.3) is 20.5 Å². The molecule has 1 aliphatic rings. The molecule has 6 heteroatoms. The van der Waals surface area contributed by atoms with Crippen LogP contribution >= 0.6 is 11.3 Å². The molecule has 0 spiro atoms. The third-order valence-corrected chi connectivity index (χ3v) is 6.10. The van der Waals surface area contributed by atoms with Crippen molar-refractivity contribution in [2.24, 2.45) is 5.73 Å². The number of amides is 1. The van der Waals surface area contributed by atoms with Crippen LogP contribution < -0.4 is 16.4 Å². The number of nitrogens with zero attached hydrogens (tertiary/aromatic N) is 1. The number of benzene rings is 1. The predicted octanol–water partition coefficient (Wildman–Crippen LogP) is 3.61. The van der Waals surface area contributed by atoms with E-state index in [0.29, 0.717) is 17.6 Å². The monoisotopic (exact) mass is 366 g/mol. The lowest BCUT2D eigenvalue weighted by molar-refractivity contribution is 0.100. The van der Waals surface area contributed by atoms with Gasteiger partial charge in [-0.3, -0.25) is 4.79 Å². The van der Waals surface area contributed by atoms with Crippen molar-refractivity contribution >= 4 is 33.1 Å². The van der Waals surface area contributed by atoms with Crippen molar-refractivity contribution in [1.29, 1.82) is 0 Å². The number of hydrogen-bond acceptors (Lipinski definition) is 5. The van der Waals surface area contributed by atoms with Gasteiger partial charge in [-0.05, 0) is 31.4 Å². The van der Waals surface area contributed by atoms with Crippen LogP contribution in [0.4, 0.5) is 5.82 Å². The highest BCUT2D eigenvalue weighted by atomic mass is 32.1. The summed E-state index contributed by atoms with van der Waals surface area (Å²) in [6, 6.07) is 13.2. The average molecular weight is 366 g/mol. The van der Waals surface area contributed by atoms with Gasteiger partial charge in [0.05, 0.1) is 10.3 Å². The van der Waals surface area contributed by atoms with Crippen LogP contribution in [0.2, 0.25) is 0 Å². The van der Waals surface area contributed by atoms with E-state index in [4.69, 9.17) is 5.73 Å². The maximum Gasteiger partial charge on any atom is 0.251 e. The number of carbonyl (C=O) groups is 1. The van der Waals surface area contributed by atoms with Gasteiger partial charge in [-0.15, -0.1) is 11.3 Å². The number of nitrogens with one attached hydrogen (secondary N) is 2. The zero-order valence-corrected chi connectivity index (χ0v) is 15.5. The van der Waals surface area contributed by atoms with E-state index in [-0.39, 0.29) is 0 Å². The molecule has 3 aromatic rings. The maximum absolute atomic E-state index is 11.9. The lowest BCUT2D eigenvalue weighted by Gasteiger charge is -2.28. The van der Waals surface area contributed by atoms with E-state index in [2.05, 4.69) is 40.7 Å². The third-order valence-electron chi connectivity index (χ3n) is 4.88. The second-order valence-electron chi connectivity index (χ2n) is 6.83. The van der Waals surface area contributed by atoms with Gasteiger partial charge in [0.1, 0.15) is 5.82 Å². The number of rotatable bonds is 4. The number of pyridine rings is 1. The van der Waals surface area contributed by atoms with Gasteiger partial charge >= 0.3 is 0 Å². The molecule has 2 atom stereocenters. The number of anilines is 1. The van der Waals surface area contributed by atoms with Crippen molar-refractivity contribution in [2.75, 3.05) is 11.9 Å². The van der Waals surface area contributed by atoms with E-state index < -0.39 is 5.91 Å². The SMILES string of the molecule is CC1CCC(Nc2ncc(C(N)=O)c3sc(-c4ccccc4)cc23)CN1. The Labute approximate surface area is 156 Å². The Kier molecular flexibility index (Phi) is 4.61. The summed E-state index contributed by atoms with van der Waals surface area (Å²) in [5, 5.41) is 8.02. The maximum atomic E-state index is 11.9. The van der Waals surface area contributed by atoms with Crippen LogP contribution in [0.3, 0.4) is 0 Å². The number of thiophene rings is 1. The van der Waals surface area contributed by atoms with E-state index in [0.717, 1.165) is 45.7 Å². The summed E-state index contributed by atoms with van der Waals surface area (Å²) in [6.45, 7) is 3.12. The van der Waals surface area contributed by atoms with Crippen LogP contribution in [0.15, 0.2) is 42.6 Å². The first-order chi connectivity index (χ1) is 12.6. The van der Waals surface area contributed by atoms with Crippen LogP contribution in [0.5, 0.6) is 0 Å². The fourth-order valence-electron chi connectivity index (χ4n) is 3.37. The van der Waals surface area contributed by atoms with Crippen LogP contribution in [-0.2, 0) is 0 Å². The topological polar surface area (TPSA) is 80.0 Å². The van der Waals surface area contributed by atoms with Gasteiger partial charge in [-0.2, -0.15) is 0 Å². The first kappa shape index (κ1) is 17.0. The molecule has 0 radical (unpaired) electrons. The minimum atomic E-state index is -0.441. The normalized spacial score (nSPS) is 20.2. The highest BCUT2D eigenvalue weighted by Crippen LogP contribution is 2.38. The summed E-state index contributed by atoms with van der Waals surface area (Å²) < 4.78 is 0.894.